The fourth-order valence-corrected chi connectivity index (χ4v) is 5.94. The smallest absolute Gasteiger partial charge is 0.215 e. The van der Waals surface area contributed by atoms with Gasteiger partial charge in [0.25, 0.3) is 0 Å². The molecule has 2 N–H and O–H groups in total. The van der Waals surface area contributed by atoms with E-state index in [1.54, 1.807) is 11.4 Å². The molecule has 2 saturated heterocycles. The van der Waals surface area contributed by atoms with Gasteiger partial charge in [-0.25, -0.2) is 12.7 Å². The lowest BCUT2D eigenvalue weighted by Gasteiger charge is -2.33. The third-order valence-corrected chi connectivity index (χ3v) is 7.91. The Kier molecular flexibility index (Phi) is 12.6. The molecule has 2 aliphatic rings. The van der Waals surface area contributed by atoms with Crippen LogP contribution in [-0.2, 0) is 10.0 Å². The van der Waals surface area contributed by atoms with Crippen LogP contribution in [-0.4, -0.2) is 93.2 Å². The van der Waals surface area contributed by atoms with Gasteiger partial charge in [0.15, 0.2) is 5.96 Å². The van der Waals surface area contributed by atoms with Crippen molar-refractivity contribution in [1.82, 2.24) is 19.8 Å². The normalized spacial score (nSPS) is 22.9. The van der Waals surface area contributed by atoms with Crippen molar-refractivity contribution in [2.45, 2.75) is 38.6 Å². The second-order valence-corrected chi connectivity index (χ2v) is 10.3. The molecule has 27 heavy (non-hydrogen) atoms. The molecule has 0 aromatic rings. The highest BCUT2D eigenvalue weighted by molar-refractivity contribution is 14.0. The van der Waals surface area contributed by atoms with Gasteiger partial charge in [0.2, 0.25) is 10.0 Å². The van der Waals surface area contributed by atoms with Crippen LogP contribution in [0.3, 0.4) is 0 Å². The second-order valence-electron chi connectivity index (χ2n) is 6.99. The van der Waals surface area contributed by atoms with Crippen LogP contribution in [0.5, 0.6) is 0 Å². The van der Waals surface area contributed by atoms with Crippen molar-refractivity contribution in [3.8, 4) is 0 Å². The van der Waals surface area contributed by atoms with Gasteiger partial charge in [-0.15, -0.1) is 24.0 Å². The number of halogens is 1. The fraction of sp³-hybridized carbons (Fsp3) is 0.941. The lowest BCUT2D eigenvalue weighted by atomic mass is 10.0. The minimum atomic E-state index is -3.17. The molecule has 0 saturated carbocycles. The highest BCUT2D eigenvalue weighted by Crippen LogP contribution is 2.16. The first kappa shape index (κ1) is 25.3. The summed E-state index contributed by atoms with van der Waals surface area (Å²) in [6, 6.07) is 0.694. The number of nitrogens with one attached hydrogen (secondary N) is 2. The van der Waals surface area contributed by atoms with Gasteiger partial charge in [-0.2, -0.15) is 11.8 Å². The van der Waals surface area contributed by atoms with Crippen molar-refractivity contribution in [1.29, 1.82) is 0 Å². The van der Waals surface area contributed by atoms with E-state index in [2.05, 4.69) is 27.4 Å². The number of thioether (sulfide) groups is 1. The zero-order chi connectivity index (χ0) is 18.8. The Balaban J connectivity index is 0.00000364. The SMILES string of the molecule is CN=C(NCCCN1CCCCC1C)NCCS(=O)(=O)N1CCSCC1.I. The summed E-state index contributed by atoms with van der Waals surface area (Å²) in [4.78, 5) is 6.75. The van der Waals surface area contributed by atoms with E-state index in [1.165, 1.54) is 25.8 Å². The molecule has 0 aromatic carbocycles. The van der Waals surface area contributed by atoms with Gasteiger partial charge in [0.05, 0.1) is 5.75 Å². The standard InChI is InChI=1S/C17H35N5O2S2.HI/c1-16-6-3-4-9-21(16)10-5-7-19-17(18-2)20-8-15-26(23,24)22-11-13-25-14-12-22;/h16H,3-15H2,1-2H3,(H2,18,19,20);1H. The first-order valence-corrected chi connectivity index (χ1v) is 12.5. The van der Waals surface area contributed by atoms with Gasteiger partial charge in [-0.1, -0.05) is 6.42 Å². The van der Waals surface area contributed by atoms with Gasteiger partial charge >= 0.3 is 0 Å². The Labute approximate surface area is 186 Å². The van der Waals surface area contributed by atoms with Gasteiger partial charge in [0.1, 0.15) is 0 Å². The predicted molar refractivity (Wildman–Crippen MR) is 127 cm³/mol. The molecule has 0 aromatic heterocycles. The van der Waals surface area contributed by atoms with Crippen LogP contribution in [0.25, 0.3) is 0 Å². The van der Waals surface area contributed by atoms with Crippen molar-refractivity contribution in [3.63, 3.8) is 0 Å². The third-order valence-electron chi connectivity index (χ3n) is 5.09. The first-order valence-electron chi connectivity index (χ1n) is 9.77. The van der Waals surface area contributed by atoms with Crippen LogP contribution in [0, 0.1) is 0 Å². The summed E-state index contributed by atoms with van der Waals surface area (Å²) < 4.78 is 26.3. The maximum absolute atomic E-state index is 12.3. The van der Waals surface area contributed by atoms with E-state index in [-0.39, 0.29) is 29.7 Å². The Morgan fingerprint density at radius 1 is 1.15 bits per heavy atom. The maximum atomic E-state index is 12.3. The number of piperidine rings is 1. The molecule has 0 amide bonds. The summed E-state index contributed by atoms with van der Waals surface area (Å²) >= 11 is 1.81. The maximum Gasteiger partial charge on any atom is 0.215 e. The topological polar surface area (TPSA) is 77.0 Å². The molecular weight excluding hydrogens is 497 g/mol. The molecule has 1 atom stereocenters. The van der Waals surface area contributed by atoms with E-state index >= 15 is 0 Å². The van der Waals surface area contributed by atoms with E-state index in [0.717, 1.165) is 31.0 Å². The average molecular weight is 534 g/mol. The predicted octanol–water partition coefficient (Wildman–Crippen LogP) is 1.41. The number of likely N-dealkylation sites (tertiary alicyclic amines) is 1. The van der Waals surface area contributed by atoms with Gasteiger partial charge in [0, 0.05) is 57.3 Å². The number of guanidine groups is 1. The number of aliphatic imine (C=N–C) groups is 1. The summed E-state index contributed by atoms with van der Waals surface area (Å²) in [5.74, 6) is 2.59. The first-order chi connectivity index (χ1) is 12.5. The lowest BCUT2D eigenvalue weighted by Crippen LogP contribution is -2.44. The average Bonchev–Trinajstić information content (AvgIpc) is 2.65. The quantitative estimate of drug-likeness (QED) is 0.213. The molecule has 1 unspecified atom stereocenters. The number of hydrogen-bond donors (Lipinski definition) is 2. The zero-order valence-corrected chi connectivity index (χ0v) is 20.6. The monoisotopic (exact) mass is 533 g/mol. The van der Waals surface area contributed by atoms with Gasteiger partial charge in [-0.05, 0) is 32.7 Å². The summed E-state index contributed by atoms with van der Waals surface area (Å²) in [5, 5.41) is 6.42. The Morgan fingerprint density at radius 3 is 2.52 bits per heavy atom. The molecule has 0 spiro atoms. The van der Waals surface area contributed by atoms with Gasteiger partial charge in [-0.3, -0.25) is 4.99 Å². The minimum Gasteiger partial charge on any atom is -0.356 e. The van der Waals surface area contributed by atoms with Crippen LogP contribution in [0.2, 0.25) is 0 Å². The van der Waals surface area contributed by atoms with Crippen LogP contribution in [0.15, 0.2) is 4.99 Å². The summed E-state index contributed by atoms with van der Waals surface area (Å²) in [6.45, 7) is 7.12. The number of rotatable bonds is 8. The Bertz CT molecular complexity index is 541. The molecule has 7 nitrogen and oxygen atoms in total. The van der Waals surface area contributed by atoms with Crippen molar-refractivity contribution < 1.29 is 8.42 Å². The minimum absolute atomic E-state index is 0. The second kappa shape index (κ2) is 13.4. The highest BCUT2D eigenvalue weighted by Gasteiger charge is 2.23. The molecular formula is C17H36IN5O2S2. The summed E-state index contributed by atoms with van der Waals surface area (Å²) in [7, 11) is -1.44. The third kappa shape index (κ3) is 9.05. The Hall–Kier alpha value is 0.220. The van der Waals surface area contributed by atoms with Crippen LogP contribution >= 0.6 is 35.7 Å². The Morgan fingerprint density at radius 2 is 1.85 bits per heavy atom. The van der Waals surface area contributed by atoms with Crippen molar-refractivity contribution in [2.75, 3.05) is 63.6 Å². The lowest BCUT2D eigenvalue weighted by molar-refractivity contribution is 0.159. The van der Waals surface area contributed by atoms with Crippen LogP contribution in [0.1, 0.15) is 32.6 Å². The molecule has 0 bridgehead atoms. The van der Waals surface area contributed by atoms with E-state index < -0.39 is 10.0 Å². The molecule has 10 heteroatoms. The molecule has 0 radical (unpaired) electrons. The number of nitrogens with zero attached hydrogens (tertiary/aromatic N) is 3. The summed E-state index contributed by atoms with van der Waals surface area (Å²) in [6.07, 6.45) is 5.03. The van der Waals surface area contributed by atoms with E-state index in [4.69, 9.17) is 0 Å². The molecule has 0 aliphatic carbocycles. The van der Waals surface area contributed by atoms with Crippen LogP contribution < -0.4 is 10.6 Å². The molecule has 2 aliphatic heterocycles. The fourth-order valence-electron chi connectivity index (χ4n) is 3.45. The van der Waals surface area contributed by atoms with Gasteiger partial charge < -0.3 is 15.5 Å². The number of sulfonamides is 1. The van der Waals surface area contributed by atoms with Crippen molar-refractivity contribution in [3.05, 3.63) is 0 Å². The molecule has 2 fully saturated rings. The zero-order valence-electron chi connectivity index (χ0n) is 16.7. The summed E-state index contributed by atoms with van der Waals surface area (Å²) in [5.41, 5.74) is 0. The highest BCUT2D eigenvalue weighted by atomic mass is 127. The van der Waals surface area contributed by atoms with E-state index in [9.17, 15) is 8.42 Å². The van der Waals surface area contributed by atoms with E-state index in [1.807, 2.05) is 11.8 Å². The molecule has 2 rings (SSSR count). The number of hydrogen-bond acceptors (Lipinski definition) is 5. The van der Waals surface area contributed by atoms with Crippen molar-refractivity contribution in [2.24, 2.45) is 4.99 Å². The molecule has 160 valence electrons. The van der Waals surface area contributed by atoms with E-state index in [0.29, 0.717) is 31.6 Å². The van der Waals surface area contributed by atoms with Crippen LogP contribution in [0.4, 0.5) is 0 Å². The molecule has 2 heterocycles. The largest absolute Gasteiger partial charge is 0.356 e. The van der Waals surface area contributed by atoms with Crippen molar-refractivity contribution >= 4 is 51.7 Å².